The van der Waals surface area contributed by atoms with Gasteiger partial charge in [-0.2, -0.15) is 0 Å². The summed E-state index contributed by atoms with van der Waals surface area (Å²) in [5.41, 5.74) is 5.84. The number of rotatable bonds is 6. The van der Waals surface area contributed by atoms with Crippen molar-refractivity contribution in [3.05, 3.63) is 94.8 Å². The Balaban J connectivity index is 1.53. The van der Waals surface area contributed by atoms with E-state index in [9.17, 15) is 4.39 Å². The first-order valence-corrected chi connectivity index (χ1v) is 8.37. The molecule has 128 valence electrons. The largest absolute Gasteiger partial charge is 0.489 e. The van der Waals surface area contributed by atoms with Crippen LogP contribution in [0.2, 0.25) is 0 Å². The molecule has 0 heterocycles. The Bertz CT molecular complexity index is 826. The second-order valence-corrected chi connectivity index (χ2v) is 6.21. The van der Waals surface area contributed by atoms with Gasteiger partial charge in [0.05, 0.1) is 0 Å². The Morgan fingerprint density at radius 1 is 0.800 bits per heavy atom. The SMILES string of the molecule is Cc1ccc(NCc2ccc(OCc3ccc(F)cc3)cc2)cc1C. The highest BCUT2D eigenvalue weighted by atomic mass is 19.1. The molecule has 0 aliphatic heterocycles. The van der Waals surface area contributed by atoms with E-state index in [0.717, 1.165) is 23.5 Å². The van der Waals surface area contributed by atoms with E-state index >= 15 is 0 Å². The molecule has 0 aliphatic carbocycles. The van der Waals surface area contributed by atoms with Crippen molar-refractivity contribution in [3.8, 4) is 5.75 Å². The van der Waals surface area contributed by atoms with Gasteiger partial charge >= 0.3 is 0 Å². The second kappa shape index (κ2) is 7.84. The summed E-state index contributed by atoms with van der Waals surface area (Å²) in [5.74, 6) is 0.573. The summed E-state index contributed by atoms with van der Waals surface area (Å²) in [6.45, 7) is 5.43. The first kappa shape index (κ1) is 17.0. The van der Waals surface area contributed by atoms with Crippen LogP contribution in [0.4, 0.5) is 10.1 Å². The van der Waals surface area contributed by atoms with Gasteiger partial charge in [0.15, 0.2) is 0 Å². The first-order chi connectivity index (χ1) is 12.1. The summed E-state index contributed by atoms with van der Waals surface area (Å²) in [6, 6.07) is 20.8. The highest BCUT2D eigenvalue weighted by Gasteiger charge is 2.00. The highest BCUT2D eigenvalue weighted by Crippen LogP contribution is 2.17. The zero-order valence-electron chi connectivity index (χ0n) is 14.6. The van der Waals surface area contributed by atoms with Gasteiger partial charge in [-0.05, 0) is 72.5 Å². The van der Waals surface area contributed by atoms with Crippen molar-refractivity contribution in [1.82, 2.24) is 0 Å². The maximum Gasteiger partial charge on any atom is 0.123 e. The Kier molecular flexibility index (Phi) is 5.34. The van der Waals surface area contributed by atoms with Gasteiger partial charge in [0.1, 0.15) is 18.2 Å². The van der Waals surface area contributed by atoms with Crippen LogP contribution in [0.3, 0.4) is 0 Å². The van der Waals surface area contributed by atoms with Crippen molar-refractivity contribution in [2.45, 2.75) is 27.0 Å². The molecule has 1 N–H and O–H groups in total. The lowest BCUT2D eigenvalue weighted by Crippen LogP contribution is -2.00. The molecule has 3 aromatic carbocycles. The fraction of sp³-hybridized carbons (Fsp3) is 0.182. The monoisotopic (exact) mass is 335 g/mol. The quantitative estimate of drug-likeness (QED) is 0.630. The smallest absolute Gasteiger partial charge is 0.123 e. The lowest BCUT2D eigenvalue weighted by atomic mass is 10.1. The number of anilines is 1. The average Bonchev–Trinajstić information content (AvgIpc) is 2.63. The molecule has 3 aromatic rings. The van der Waals surface area contributed by atoms with E-state index in [-0.39, 0.29) is 5.82 Å². The van der Waals surface area contributed by atoms with Gasteiger partial charge in [-0.15, -0.1) is 0 Å². The van der Waals surface area contributed by atoms with E-state index in [4.69, 9.17) is 4.74 Å². The van der Waals surface area contributed by atoms with Crippen molar-refractivity contribution >= 4 is 5.69 Å². The van der Waals surface area contributed by atoms with Crippen LogP contribution in [-0.2, 0) is 13.2 Å². The summed E-state index contributed by atoms with van der Waals surface area (Å²) < 4.78 is 18.6. The summed E-state index contributed by atoms with van der Waals surface area (Å²) in [7, 11) is 0. The molecule has 0 saturated heterocycles. The second-order valence-electron chi connectivity index (χ2n) is 6.21. The molecule has 0 unspecified atom stereocenters. The van der Waals surface area contributed by atoms with E-state index in [2.05, 4.69) is 37.4 Å². The van der Waals surface area contributed by atoms with Crippen LogP contribution in [0, 0.1) is 19.7 Å². The van der Waals surface area contributed by atoms with Crippen LogP contribution in [0.5, 0.6) is 5.75 Å². The molecule has 0 amide bonds. The molecular weight excluding hydrogens is 313 g/mol. The molecule has 25 heavy (non-hydrogen) atoms. The third-order valence-corrected chi connectivity index (χ3v) is 4.25. The van der Waals surface area contributed by atoms with E-state index in [0.29, 0.717) is 6.61 Å². The van der Waals surface area contributed by atoms with Crippen LogP contribution < -0.4 is 10.1 Å². The number of hydrogen-bond donors (Lipinski definition) is 1. The summed E-state index contributed by atoms with van der Waals surface area (Å²) in [6.07, 6.45) is 0. The molecule has 3 heteroatoms. The lowest BCUT2D eigenvalue weighted by Gasteiger charge is -2.10. The number of ether oxygens (including phenoxy) is 1. The summed E-state index contributed by atoms with van der Waals surface area (Å²) >= 11 is 0. The van der Waals surface area contributed by atoms with Gasteiger partial charge < -0.3 is 10.1 Å². The van der Waals surface area contributed by atoms with Gasteiger partial charge in [-0.1, -0.05) is 30.3 Å². The van der Waals surface area contributed by atoms with Gasteiger partial charge in [0, 0.05) is 12.2 Å². The Morgan fingerprint density at radius 3 is 2.16 bits per heavy atom. The van der Waals surface area contributed by atoms with Crippen LogP contribution in [0.1, 0.15) is 22.3 Å². The van der Waals surface area contributed by atoms with E-state index in [1.807, 2.05) is 24.3 Å². The average molecular weight is 335 g/mol. The van der Waals surface area contributed by atoms with Gasteiger partial charge in [-0.25, -0.2) is 4.39 Å². The highest BCUT2D eigenvalue weighted by molar-refractivity contribution is 5.48. The third kappa shape index (κ3) is 4.83. The number of hydrogen-bond acceptors (Lipinski definition) is 2. The van der Waals surface area contributed by atoms with Gasteiger partial charge in [0.25, 0.3) is 0 Å². The fourth-order valence-corrected chi connectivity index (χ4v) is 2.51. The van der Waals surface area contributed by atoms with E-state index < -0.39 is 0 Å². The lowest BCUT2D eigenvalue weighted by molar-refractivity contribution is 0.306. The molecule has 2 nitrogen and oxygen atoms in total. The fourth-order valence-electron chi connectivity index (χ4n) is 2.51. The van der Waals surface area contributed by atoms with Crippen LogP contribution >= 0.6 is 0 Å². The maximum atomic E-state index is 12.9. The number of benzene rings is 3. The summed E-state index contributed by atoms with van der Waals surface area (Å²) in [5, 5.41) is 3.44. The molecule has 0 fully saturated rings. The van der Waals surface area contributed by atoms with Crippen molar-refractivity contribution in [1.29, 1.82) is 0 Å². The minimum absolute atomic E-state index is 0.232. The Morgan fingerprint density at radius 2 is 1.48 bits per heavy atom. The van der Waals surface area contributed by atoms with Crippen molar-refractivity contribution in [3.63, 3.8) is 0 Å². The molecule has 0 saturated carbocycles. The van der Waals surface area contributed by atoms with E-state index in [1.165, 1.54) is 28.8 Å². The van der Waals surface area contributed by atoms with Crippen molar-refractivity contribution < 1.29 is 9.13 Å². The molecule has 0 aromatic heterocycles. The molecule has 0 atom stereocenters. The standard InChI is InChI=1S/C22H22FNO/c1-16-3-10-21(13-17(16)2)24-14-18-6-11-22(12-7-18)25-15-19-4-8-20(23)9-5-19/h3-13,24H,14-15H2,1-2H3. The minimum atomic E-state index is -0.232. The van der Waals surface area contributed by atoms with E-state index in [1.54, 1.807) is 12.1 Å². The third-order valence-electron chi connectivity index (χ3n) is 4.25. The predicted molar refractivity (Wildman–Crippen MR) is 100 cm³/mol. The van der Waals surface area contributed by atoms with Crippen LogP contribution in [0.25, 0.3) is 0 Å². The van der Waals surface area contributed by atoms with Crippen LogP contribution in [-0.4, -0.2) is 0 Å². The predicted octanol–water partition coefficient (Wildman–Crippen LogP) is 5.63. The van der Waals surface area contributed by atoms with Gasteiger partial charge in [0.2, 0.25) is 0 Å². The number of nitrogens with one attached hydrogen (secondary N) is 1. The topological polar surface area (TPSA) is 21.3 Å². The zero-order valence-corrected chi connectivity index (χ0v) is 14.6. The number of aryl methyl sites for hydroxylation is 2. The first-order valence-electron chi connectivity index (χ1n) is 8.37. The number of halogens is 1. The molecule has 0 aliphatic rings. The minimum Gasteiger partial charge on any atom is -0.489 e. The maximum absolute atomic E-state index is 12.9. The van der Waals surface area contributed by atoms with Crippen LogP contribution in [0.15, 0.2) is 66.7 Å². The summed E-state index contributed by atoms with van der Waals surface area (Å²) in [4.78, 5) is 0. The molecule has 0 radical (unpaired) electrons. The zero-order chi connectivity index (χ0) is 17.6. The Hall–Kier alpha value is -2.81. The Labute approximate surface area is 148 Å². The normalized spacial score (nSPS) is 10.5. The molecule has 0 bridgehead atoms. The molecule has 3 rings (SSSR count). The van der Waals surface area contributed by atoms with Gasteiger partial charge in [-0.3, -0.25) is 0 Å². The molecular formula is C22H22FNO. The van der Waals surface area contributed by atoms with Crippen molar-refractivity contribution in [2.24, 2.45) is 0 Å². The van der Waals surface area contributed by atoms with Crippen molar-refractivity contribution in [2.75, 3.05) is 5.32 Å². The molecule has 0 spiro atoms.